The topological polar surface area (TPSA) is 64.5 Å². The molecule has 0 aliphatic heterocycles. The zero-order valence-electron chi connectivity index (χ0n) is 17.1. The standard InChI is InChI=1S/C25H22N2O3/c1-16-5-4-6-21(24(16)28)23-15-22(17-7-11-19(29-2)12-8-17)26-25(27-23)18-9-13-20(30-3)14-10-18/h4-15,28H,1-3H3. The molecule has 1 heterocycles. The van der Waals surface area contributed by atoms with Gasteiger partial charge in [-0.3, -0.25) is 0 Å². The van der Waals surface area contributed by atoms with Gasteiger partial charge in [-0.2, -0.15) is 0 Å². The minimum atomic E-state index is 0.220. The van der Waals surface area contributed by atoms with Crippen molar-refractivity contribution in [1.82, 2.24) is 9.97 Å². The van der Waals surface area contributed by atoms with Gasteiger partial charge in [-0.1, -0.05) is 12.1 Å². The van der Waals surface area contributed by atoms with Gasteiger partial charge in [0.2, 0.25) is 0 Å². The van der Waals surface area contributed by atoms with E-state index >= 15 is 0 Å². The molecule has 5 heteroatoms. The molecule has 0 amide bonds. The molecule has 30 heavy (non-hydrogen) atoms. The van der Waals surface area contributed by atoms with Crippen molar-refractivity contribution >= 4 is 0 Å². The van der Waals surface area contributed by atoms with Crippen molar-refractivity contribution in [2.75, 3.05) is 14.2 Å². The van der Waals surface area contributed by atoms with E-state index in [1.165, 1.54) is 0 Å². The first-order valence-corrected chi connectivity index (χ1v) is 9.56. The number of hydrogen-bond acceptors (Lipinski definition) is 5. The highest BCUT2D eigenvalue weighted by Crippen LogP contribution is 2.34. The van der Waals surface area contributed by atoms with Crippen molar-refractivity contribution in [3.63, 3.8) is 0 Å². The summed E-state index contributed by atoms with van der Waals surface area (Å²) in [5.41, 5.74) is 4.67. The molecule has 0 atom stereocenters. The van der Waals surface area contributed by atoms with Gasteiger partial charge in [0.1, 0.15) is 17.2 Å². The molecule has 0 fully saturated rings. The molecule has 5 nitrogen and oxygen atoms in total. The van der Waals surface area contributed by atoms with Crippen LogP contribution < -0.4 is 9.47 Å². The lowest BCUT2D eigenvalue weighted by Crippen LogP contribution is -1.96. The summed E-state index contributed by atoms with van der Waals surface area (Å²) in [6.45, 7) is 1.87. The van der Waals surface area contributed by atoms with E-state index in [0.29, 0.717) is 17.1 Å². The van der Waals surface area contributed by atoms with Crippen LogP contribution in [0.4, 0.5) is 0 Å². The number of phenols is 1. The van der Waals surface area contributed by atoms with Crippen LogP contribution in [0, 0.1) is 6.92 Å². The van der Waals surface area contributed by atoms with Crippen LogP contribution in [0.1, 0.15) is 5.56 Å². The van der Waals surface area contributed by atoms with Crippen LogP contribution in [0.3, 0.4) is 0 Å². The van der Waals surface area contributed by atoms with Crippen LogP contribution in [0.25, 0.3) is 33.9 Å². The molecule has 0 bridgehead atoms. The van der Waals surface area contributed by atoms with Gasteiger partial charge in [-0.25, -0.2) is 9.97 Å². The quantitative estimate of drug-likeness (QED) is 0.480. The number of para-hydroxylation sites is 1. The van der Waals surface area contributed by atoms with E-state index in [4.69, 9.17) is 19.4 Å². The number of aryl methyl sites for hydroxylation is 1. The molecule has 1 aromatic heterocycles. The van der Waals surface area contributed by atoms with Crippen LogP contribution >= 0.6 is 0 Å². The minimum absolute atomic E-state index is 0.220. The molecule has 4 aromatic rings. The number of rotatable bonds is 5. The Labute approximate surface area is 175 Å². The number of phenolic OH excluding ortho intramolecular Hbond substituents is 1. The fraction of sp³-hybridized carbons (Fsp3) is 0.120. The third-order valence-corrected chi connectivity index (χ3v) is 4.97. The third kappa shape index (κ3) is 3.82. The first-order valence-electron chi connectivity index (χ1n) is 9.56. The Morgan fingerprint density at radius 2 is 1.27 bits per heavy atom. The summed E-state index contributed by atoms with van der Waals surface area (Å²) in [5, 5.41) is 10.6. The van der Waals surface area contributed by atoms with E-state index in [-0.39, 0.29) is 5.75 Å². The zero-order chi connectivity index (χ0) is 21.1. The van der Waals surface area contributed by atoms with Crippen LogP contribution in [0.2, 0.25) is 0 Å². The summed E-state index contributed by atoms with van der Waals surface area (Å²) in [6.07, 6.45) is 0. The van der Waals surface area contributed by atoms with E-state index < -0.39 is 0 Å². The summed E-state index contributed by atoms with van der Waals surface area (Å²) in [5.74, 6) is 2.33. The molecule has 0 aliphatic rings. The van der Waals surface area contributed by atoms with E-state index in [1.54, 1.807) is 14.2 Å². The van der Waals surface area contributed by atoms with Gasteiger partial charge >= 0.3 is 0 Å². The number of aromatic hydroxyl groups is 1. The van der Waals surface area contributed by atoms with Crippen LogP contribution in [-0.2, 0) is 0 Å². The van der Waals surface area contributed by atoms with Crippen molar-refractivity contribution < 1.29 is 14.6 Å². The van der Waals surface area contributed by atoms with Gasteiger partial charge in [0.25, 0.3) is 0 Å². The predicted octanol–water partition coefficient (Wildman–Crippen LogP) is 5.51. The maximum Gasteiger partial charge on any atom is 0.160 e. The summed E-state index contributed by atoms with van der Waals surface area (Å²) >= 11 is 0. The van der Waals surface area contributed by atoms with Gasteiger partial charge < -0.3 is 14.6 Å². The van der Waals surface area contributed by atoms with E-state index in [1.807, 2.05) is 79.7 Å². The smallest absolute Gasteiger partial charge is 0.160 e. The molecule has 0 unspecified atom stereocenters. The second-order valence-corrected chi connectivity index (χ2v) is 6.89. The molecule has 150 valence electrons. The number of nitrogens with zero attached hydrogens (tertiary/aromatic N) is 2. The SMILES string of the molecule is COc1ccc(-c2cc(-c3cccc(C)c3O)nc(-c3ccc(OC)cc3)n2)cc1. The summed E-state index contributed by atoms with van der Waals surface area (Å²) in [4.78, 5) is 9.54. The highest BCUT2D eigenvalue weighted by atomic mass is 16.5. The molecule has 1 N–H and O–H groups in total. The number of benzene rings is 3. The second kappa shape index (κ2) is 8.25. The molecule has 3 aromatic carbocycles. The lowest BCUT2D eigenvalue weighted by atomic mass is 10.0. The summed E-state index contributed by atoms with van der Waals surface area (Å²) < 4.78 is 10.5. The molecular formula is C25H22N2O3. The van der Waals surface area contributed by atoms with Gasteiger partial charge in [-0.05, 0) is 73.2 Å². The predicted molar refractivity (Wildman–Crippen MR) is 118 cm³/mol. The first kappa shape index (κ1) is 19.5. The van der Waals surface area contributed by atoms with Crippen LogP contribution in [0.5, 0.6) is 17.2 Å². The lowest BCUT2D eigenvalue weighted by Gasteiger charge is -2.12. The maximum atomic E-state index is 10.6. The van der Waals surface area contributed by atoms with Crippen LogP contribution in [-0.4, -0.2) is 29.3 Å². The number of aromatic nitrogens is 2. The largest absolute Gasteiger partial charge is 0.507 e. The van der Waals surface area contributed by atoms with Crippen LogP contribution in [0.15, 0.2) is 72.8 Å². The number of hydrogen-bond donors (Lipinski definition) is 1. The molecule has 0 aliphatic carbocycles. The third-order valence-electron chi connectivity index (χ3n) is 4.97. The van der Waals surface area contributed by atoms with Gasteiger partial charge in [0.15, 0.2) is 5.82 Å². The molecule has 0 radical (unpaired) electrons. The van der Waals surface area contributed by atoms with Crippen molar-refractivity contribution in [2.24, 2.45) is 0 Å². The van der Waals surface area contributed by atoms with Crippen molar-refractivity contribution in [3.05, 3.63) is 78.4 Å². The van der Waals surface area contributed by atoms with Gasteiger partial charge in [0, 0.05) is 16.7 Å². The lowest BCUT2D eigenvalue weighted by molar-refractivity contribution is 0.415. The monoisotopic (exact) mass is 398 g/mol. The molecule has 0 saturated heterocycles. The Bertz CT molecular complexity index is 1100. The Kier molecular flexibility index (Phi) is 5.35. The van der Waals surface area contributed by atoms with Crippen molar-refractivity contribution in [3.8, 4) is 51.2 Å². The fourth-order valence-corrected chi connectivity index (χ4v) is 3.23. The molecule has 0 spiro atoms. The van der Waals surface area contributed by atoms with Crippen molar-refractivity contribution in [1.29, 1.82) is 0 Å². The second-order valence-electron chi connectivity index (χ2n) is 6.89. The Balaban J connectivity index is 1.89. The summed E-state index contributed by atoms with van der Waals surface area (Å²) in [6, 6.07) is 22.8. The maximum absolute atomic E-state index is 10.6. The molecule has 4 rings (SSSR count). The highest BCUT2D eigenvalue weighted by molar-refractivity contribution is 5.75. The van der Waals surface area contributed by atoms with Gasteiger partial charge in [-0.15, -0.1) is 0 Å². The van der Waals surface area contributed by atoms with Gasteiger partial charge in [0.05, 0.1) is 25.6 Å². The average Bonchev–Trinajstić information content (AvgIpc) is 2.80. The Morgan fingerprint density at radius 1 is 0.700 bits per heavy atom. The zero-order valence-corrected chi connectivity index (χ0v) is 17.1. The molecular weight excluding hydrogens is 376 g/mol. The van der Waals surface area contributed by atoms with Crippen molar-refractivity contribution in [2.45, 2.75) is 6.92 Å². The number of methoxy groups -OCH3 is 2. The minimum Gasteiger partial charge on any atom is -0.507 e. The average molecular weight is 398 g/mol. The number of ether oxygens (including phenoxy) is 2. The Morgan fingerprint density at radius 3 is 1.87 bits per heavy atom. The highest BCUT2D eigenvalue weighted by Gasteiger charge is 2.14. The Hall–Kier alpha value is -3.86. The molecule has 0 saturated carbocycles. The fourth-order valence-electron chi connectivity index (χ4n) is 3.23. The summed E-state index contributed by atoms with van der Waals surface area (Å²) in [7, 11) is 3.27. The normalized spacial score (nSPS) is 10.6. The van der Waals surface area contributed by atoms with E-state index in [2.05, 4.69) is 0 Å². The van der Waals surface area contributed by atoms with E-state index in [0.717, 1.165) is 33.9 Å². The van der Waals surface area contributed by atoms with E-state index in [9.17, 15) is 5.11 Å². The first-order chi connectivity index (χ1) is 14.6.